The number of benzene rings is 2. The normalized spacial score (nSPS) is 10.6. The number of thioether (sulfide) groups is 1. The monoisotopic (exact) mass is 375 g/mol. The molecule has 0 saturated heterocycles. The van der Waals surface area contributed by atoms with Gasteiger partial charge in [0, 0.05) is 11.4 Å². The molecule has 2 rings (SSSR count). The lowest BCUT2D eigenvalue weighted by Crippen LogP contribution is -2.25. The zero-order valence-electron chi connectivity index (χ0n) is 11.9. The quantitative estimate of drug-likeness (QED) is 0.427. The lowest BCUT2D eigenvalue weighted by Gasteiger charge is -2.08. The lowest BCUT2D eigenvalue weighted by molar-refractivity contribution is 0.0953. The van der Waals surface area contributed by atoms with E-state index in [0.29, 0.717) is 13.0 Å². The minimum absolute atomic E-state index is 0.0553. The van der Waals surface area contributed by atoms with Crippen LogP contribution in [0.4, 0.5) is 8.78 Å². The number of rotatable bonds is 6. The van der Waals surface area contributed by atoms with Crippen LogP contribution in [-0.2, 0) is 0 Å². The summed E-state index contributed by atoms with van der Waals surface area (Å²) in [6, 6.07) is 8.44. The Balaban J connectivity index is 1.77. The summed E-state index contributed by atoms with van der Waals surface area (Å²) in [4.78, 5) is 12.9. The van der Waals surface area contributed by atoms with Crippen molar-refractivity contribution in [1.29, 1.82) is 0 Å². The summed E-state index contributed by atoms with van der Waals surface area (Å²) in [6.07, 6.45) is 0.710. The molecule has 2 aromatic carbocycles. The number of hydrogen-bond donors (Lipinski definition) is 1. The first-order valence-corrected chi connectivity index (χ1v) is 8.52. The molecule has 1 N–H and O–H groups in total. The van der Waals surface area contributed by atoms with Crippen molar-refractivity contribution < 1.29 is 13.6 Å². The Morgan fingerprint density at radius 1 is 1.09 bits per heavy atom. The molecule has 2 nitrogen and oxygen atoms in total. The molecule has 0 atom stereocenters. The summed E-state index contributed by atoms with van der Waals surface area (Å²) < 4.78 is 26.1. The van der Waals surface area contributed by atoms with Crippen molar-refractivity contribution in [3.8, 4) is 0 Å². The largest absolute Gasteiger partial charge is 0.352 e. The highest BCUT2D eigenvalue weighted by atomic mass is 35.5. The van der Waals surface area contributed by atoms with Crippen molar-refractivity contribution in [2.24, 2.45) is 0 Å². The second kappa shape index (κ2) is 8.52. The van der Waals surface area contributed by atoms with Gasteiger partial charge in [-0.1, -0.05) is 23.2 Å². The third-order valence-electron chi connectivity index (χ3n) is 2.94. The number of nitrogens with one attached hydrogen (secondary N) is 1. The van der Waals surface area contributed by atoms with Gasteiger partial charge in [0.25, 0.3) is 5.91 Å². The van der Waals surface area contributed by atoms with E-state index in [1.807, 2.05) is 0 Å². The summed E-state index contributed by atoms with van der Waals surface area (Å²) in [5.74, 6) is -0.645. The molecule has 0 unspecified atom stereocenters. The van der Waals surface area contributed by atoms with E-state index in [4.69, 9.17) is 23.2 Å². The maximum absolute atomic E-state index is 13.4. The first kappa shape index (κ1) is 18.0. The van der Waals surface area contributed by atoms with Crippen molar-refractivity contribution in [3.05, 3.63) is 63.6 Å². The Morgan fingerprint density at radius 3 is 2.48 bits per heavy atom. The Hall–Kier alpha value is -1.30. The Kier molecular flexibility index (Phi) is 6.69. The van der Waals surface area contributed by atoms with Gasteiger partial charge in [0.05, 0.1) is 15.6 Å². The molecule has 23 heavy (non-hydrogen) atoms. The summed E-state index contributed by atoms with van der Waals surface area (Å²) in [7, 11) is 0. The summed E-state index contributed by atoms with van der Waals surface area (Å²) in [6.45, 7) is 0.424. The van der Waals surface area contributed by atoms with E-state index < -0.39 is 11.7 Å². The molecule has 2 aromatic rings. The topological polar surface area (TPSA) is 29.1 Å². The van der Waals surface area contributed by atoms with Gasteiger partial charge in [-0.15, -0.1) is 11.8 Å². The average Bonchev–Trinajstić information content (AvgIpc) is 2.52. The van der Waals surface area contributed by atoms with E-state index in [1.54, 1.807) is 23.9 Å². The number of carbonyl (C=O) groups is 1. The van der Waals surface area contributed by atoms with Crippen molar-refractivity contribution in [1.82, 2.24) is 5.32 Å². The standard InChI is InChI=1S/C16H13Cl2F2NOS/c17-13-9-14(18)15(20)8-12(13)16(22)21-6-1-7-23-11-4-2-10(19)3-5-11/h2-5,8-9H,1,6-7H2,(H,21,22). The van der Waals surface area contributed by atoms with Gasteiger partial charge in [0.1, 0.15) is 11.6 Å². The van der Waals surface area contributed by atoms with E-state index in [2.05, 4.69) is 5.32 Å². The van der Waals surface area contributed by atoms with Gasteiger partial charge in [0.15, 0.2) is 0 Å². The van der Waals surface area contributed by atoms with Gasteiger partial charge in [-0.25, -0.2) is 8.78 Å². The summed E-state index contributed by atoms with van der Waals surface area (Å²) >= 11 is 13.0. The number of halogens is 4. The van der Waals surface area contributed by atoms with Crippen LogP contribution in [0.25, 0.3) is 0 Å². The van der Waals surface area contributed by atoms with Crippen LogP contribution < -0.4 is 5.32 Å². The fraction of sp³-hybridized carbons (Fsp3) is 0.188. The fourth-order valence-electron chi connectivity index (χ4n) is 1.79. The van der Waals surface area contributed by atoms with Crippen LogP contribution in [0, 0.1) is 11.6 Å². The van der Waals surface area contributed by atoms with E-state index in [1.165, 1.54) is 18.2 Å². The zero-order valence-corrected chi connectivity index (χ0v) is 14.2. The Bertz CT molecular complexity index is 695. The Morgan fingerprint density at radius 2 is 1.78 bits per heavy atom. The third kappa shape index (κ3) is 5.37. The van der Waals surface area contributed by atoms with Crippen LogP contribution >= 0.6 is 35.0 Å². The van der Waals surface area contributed by atoms with Gasteiger partial charge < -0.3 is 5.32 Å². The molecular weight excluding hydrogens is 363 g/mol. The van der Waals surface area contributed by atoms with Crippen molar-refractivity contribution in [2.45, 2.75) is 11.3 Å². The second-order valence-corrected chi connectivity index (χ2v) is 6.64. The summed E-state index contributed by atoms with van der Waals surface area (Å²) in [5, 5.41) is 2.66. The fourth-order valence-corrected chi connectivity index (χ4v) is 3.11. The molecule has 122 valence electrons. The number of amides is 1. The van der Waals surface area contributed by atoms with Crippen LogP contribution in [0.3, 0.4) is 0 Å². The van der Waals surface area contributed by atoms with Crippen LogP contribution in [0.5, 0.6) is 0 Å². The summed E-state index contributed by atoms with van der Waals surface area (Å²) in [5.41, 5.74) is 0.0553. The van der Waals surface area contributed by atoms with E-state index in [-0.39, 0.29) is 21.4 Å². The van der Waals surface area contributed by atoms with Gasteiger partial charge in [-0.05, 0) is 48.6 Å². The number of hydrogen-bond acceptors (Lipinski definition) is 2. The molecule has 0 aliphatic rings. The molecule has 0 fully saturated rings. The van der Waals surface area contributed by atoms with Crippen molar-refractivity contribution in [3.63, 3.8) is 0 Å². The maximum atomic E-state index is 13.4. The van der Waals surface area contributed by atoms with E-state index in [0.717, 1.165) is 16.7 Å². The first-order chi connectivity index (χ1) is 11.0. The minimum atomic E-state index is -0.687. The highest BCUT2D eigenvalue weighted by Crippen LogP contribution is 2.24. The van der Waals surface area contributed by atoms with E-state index >= 15 is 0 Å². The first-order valence-electron chi connectivity index (χ1n) is 6.78. The zero-order chi connectivity index (χ0) is 16.8. The molecule has 0 aliphatic carbocycles. The molecule has 0 bridgehead atoms. The number of carbonyl (C=O) groups excluding carboxylic acids is 1. The van der Waals surface area contributed by atoms with Crippen molar-refractivity contribution >= 4 is 40.9 Å². The molecule has 0 spiro atoms. The van der Waals surface area contributed by atoms with Crippen molar-refractivity contribution in [2.75, 3.05) is 12.3 Å². The van der Waals surface area contributed by atoms with Crippen LogP contribution in [0.15, 0.2) is 41.3 Å². The SMILES string of the molecule is O=C(NCCCSc1ccc(F)cc1)c1cc(F)c(Cl)cc1Cl. The van der Waals surface area contributed by atoms with Gasteiger partial charge in [-0.3, -0.25) is 4.79 Å². The molecular formula is C16H13Cl2F2NOS. The molecule has 1 amide bonds. The molecule has 0 aliphatic heterocycles. The smallest absolute Gasteiger partial charge is 0.252 e. The molecule has 0 aromatic heterocycles. The average molecular weight is 376 g/mol. The maximum Gasteiger partial charge on any atom is 0.252 e. The molecule has 0 heterocycles. The predicted molar refractivity (Wildman–Crippen MR) is 90.5 cm³/mol. The lowest BCUT2D eigenvalue weighted by atomic mass is 10.2. The second-order valence-electron chi connectivity index (χ2n) is 4.66. The van der Waals surface area contributed by atoms with Gasteiger partial charge in [-0.2, -0.15) is 0 Å². The molecule has 7 heteroatoms. The minimum Gasteiger partial charge on any atom is -0.352 e. The molecule has 0 saturated carbocycles. The highest BCUT2D eigenvalue weighted by Gasteiger charge is 2.13. The highest BCUT2D eigenvalue weighted by molar-refractivity contribution is 7.99. The van der Waals surface area contributed by atoms with Gasteiger partial charge in [0.2, 0.25) is 0 Å². The molecule has 0 radical (unpaired) electrons. The Labute approximate surface area is 147 Å². The predicted octanol–water partition coefficient (Wildman–Crippen LogP) is 5.18. The third-order valence-corrected chi connectivity index (χ3v) is 4.64. The van der Waals surface area contributed by atoms with Gasteiger partial charge >= 0.3 is 0 Å². The van der Waals surface area contributed by atoms with Crippen LogP contribution in [-0.4, -0.2) is 18.2 Å². The van der Waals surface area contributed by atoms with E-state index in [9.17, 15) is 13.6 Å². The van der Waals surface area contributed by atoms with Crippen LogP contribution in [0.2, 0.25) is 10.0 Å². The van der Waals surface area contributed by atoms with Crippen LogP contribution in [0.1, 0.15) is 16.8 Å².